The molecule has 0 radical (unpaired) electrons. The molecule has 0 heterocycles. The highest BCUT2D eigenvalue weighted by Crippen LogP contribution is 1.96. The molecule has 56 valence electrons. The van der Waals surface area contributed by atoms with E-state index in [9.17, 15) is 4.79 Å². The van der Waals surface area contributed by atoms with Crippen LogP contribution in [-0.2, 0) is 4.79 Å². The fraction of sp³-hybridized carbons (Fsp3) is 0.800. The molecule has 0 aliphatic heterocycles. The van der Waals surface area contributed by atoms with Gasteiger partial charge in [0.2, 0.25) is 0 Å². The molecular weight excluding hydrogens is 163 g/mol. The average molecular weight is 173 g/mol. The largest absolute Gasteiger partial charge is 0.394 e. The van der Waals surface area contributed by atoms with Gasteiger partial charge in [-0.2, -0.15) is 0 Å². The standard InChI is InChI=1S/C3H6O.C2H4Cl2O/c1-3(2)4;3-2(4)1-5/h1-2H3;2,5H,1H2. The molecule has 0 spiro atoms. The van der Waals surface area contributed by atoms with Gasteiger partial charge in [0.25, 0.3) is 0 Å². The van der Waals surface area contributed by atoms with Crippen LogP contribution in [0.2, 0.25) is 0 Å². The van der Waals surface area contributed by atoms with Crippen molar-refractivity contribution in [2.75, 3.05) is 6.61 Å². The number of hydrogen-bond acceptors (Lipinski definition) is 2. The van der Waals surface area contributed by atoms with E-state index < -0.39 is 4.84 Å². The number of hydrogen-bond donors (Lipinski definition) is 1. The summed E-state index contributed by atoms with van der Waals surface area (Å²) in [5.41, 5.74) is 0. The highest BCUT2D eigenvalue weighted by Gasteiger charge is 1.88. The van der Waals surface area contributed by atoms with E-state index in [0.717, 1.165) is 0 Å². The van der Waals surface area contributed by atoms with Gasteiger partial charge in [-0.3, -0.25) is 0 Å². The molecule has 0 aromatic rings. The lowest BCUT2D eigenvalue weighted by molar-refractivity contribution is -0.114. The Hall–Kier alpha value is 0.210. The van der Waals surface area contributed by atoms with Gasteiger partial charge in [-0.05, 0) is 13.8 Å². The van der Waals surface area contributed by atoms with Crippen LogP contribution in [0.4, 0.5) is 0 Å². The SMILES string of the molecule is CC(C)=O.OCC(Cl)Cl. The van der Waals surface area contributed by atoms with E-state index in [2.05, 4.69) is 0 Å². The molecule has 0 fully saturated rings. The third-order valence-corrected chi connectivity index (χ3v) is 0.414. The fourth-order valence-corrected chi connectivity index (χ4v) is 0. The van der Waals surface area contributed by atoms with Crippen LogP contribution in [0.3, 0.4) is 0 Å². The Bertz CT molecular complexity index is 69.4. The Morgan fingerprint density at radius 1 is 1.56 bits per heavy atom. The summed E-state index contributed by atoms with van der Waals surface area (Å²) >= 11 is 9.96. The third kappa shape index (κ3) is 64.8. The Morgan fingerprint density at radius 2 is 1.67 bits per heavy atom. The molecule has 0 atom stereocenters. The van der Waals surface area contributed by atoms with Crippen molar-refractivity contribution < 1.29 is 9.90 Å². The lowest BCUT2D eigenvalue weighted by Gasteiger charge is -1.84. The van der Waals surface area contributed by atoms with Crippen LogP contribution in [0, 0.1) is 0 Å². The second kappa shape index (κ2) is 8.21. The summed E-state index contributed by atoms with van der Waals surface area (Å²) < 4.78 is 0. The van der Waals surface area contributed by atoms with Crippen LogP contribution in [0.15, 0.2) is 0 Å². The molecule has 4 heteroatoms. The Labute approximate surface area is 64.8 Å². The smallest absolute Gasteiger partial charge is 0.130 e. The van der Waals surface area contributed by atoms with Gasteiger partial charge in [-0.1, -0.05) is 0 Å². The first-order chi connectivity index (χ1) is 4.00. The molecule has 0 saturated heterocycles. The molecule has 9 heavy (non-hydrogen) atoms. The van der Waals surface area contributed by atoms with Crippen LogP contribution < -0.4 is 0 Å². The monoisotopic (exact) mass is 172 g/mol. The highest BCUT2D eigenvalue weighted by atomic mass is 35.5. The predicted octanol–water partition coefficient (Wildman–Crippen LogP) is 1.38. The van der Waals surface area contributed by atoms with Crippen molar-refractivity contribution in [1.82, 2.24) is 0 Å². The van der Waals surface area contributed by atoms with Crippen molar-refractivity contribution >= 4 is 29.0 Å². The minimum absolute atomic E-state index is 0.164. The fourth-order valence-electron chi connectivity index (χ4n) is 0. The molecular formula is C5H10Cl2O2. The van der Waals surface area contributed by atoms with Crippen molar-refractivity contribution in [3.05, 3.63) is 0 Å². The van der Waals surface area contributed by atoms with E-state index in [-0.39, 0.29) is 12.4 Å². The second-order valence-corrected chi connectivity index (χ2v) is 2.76. The van der Waals surface area contributed by atoms with Gasteiger partial charge >= 0.3 is 0 Å². The molecule has 0 aromatic carbocycles. The molecule has 1 N–H and O–H groups in total. The lowest BCUT2D eigenvalue weighted by atomic mass is 10.6. The van der Waals surface area contributed by atoms with E-state index in [4.69, 9.17) is 28.3 Å². The summed E-state index contributed by atoms with van der Waals surface area (Å²) in [6.07, 6.45) is 0. The zero-order valence-electron chi connectivity index (χ0n) is 5.40. The topological polar surface area (TPSA) is 37.3 Å². The number of alkyl halides is 2. The summed E-state index contributed by atoms with van der Waals surface area (Å²) in [6, 6.07) is 0. The summed E-state index contributed by atoms with van der Waals surface area (Å²) in [6.45, 7) is 2.89. The number of rotatable bonds is 1. The summed E-state index contributed by atoms with van der Waals surface area (Å²) in [5.74, 6) is 0.167. The normalized spacial score (nSPS) is 8.22. The lowest BCUT2D eigenvalue weighted by Crippen LogP contribution is -1.90. The van der Waals surface area contributed by atoms with Gasteiger partial charge in [0, 0.05) is 0 Å². The number of carbonyl (C=O) groups excluding carboxylic acids is 1. The van der Waals surface area contributed by atoms with E-state index in [0.29, 0.717) is 0 Å². The second-order valence-electron chi connectivity index (χ2n) is 1.48. The van der Waals surface area contributed by atoms with Gasteiger partial charge in [-0.15, -0.1) is 23.2 Å². The Morgan fingerprint density at radius 3 is 1.67 bits per heavy atom. The maximum absolute atomic E-state index is 9.44. The highest BCUT2D eigenvalue weighted by molar-refractivity contribution is 6.44. The molecule has 0 rings (SSSR count). The van der Waals surface area contributed by atoms with Gasteiger partial charge in [0.05, 0.1) is 6.61 Å². The first-order valence-electron chi connectivity index (χ1n) is 2.37. The third-order valence-electron chi connectivity index (χ3n) is 0.138. The number of ketones is 1. The predicted molar refractivity (Wildman–Crippen MR) is 38.9 cm³/mol. The molecule has 0 aliphatic carbocycles. The average Bonchev–Trinajstić information content (AvgIpc) is 1.65. The van der Waals surface area contributed by atoms with Gasteiger partial charge < -0.3 is 9.90 Å². The first-order valence-corrected chi connectivity index (χ1v) is 3.24. The van der Waals surface area contributed by atoms with Crippen molar-refractivity contribution in [1.29, 1.82) is 0 Å². The molecule has 2 nitrogen and oxygen atoms in total. The molecule has 0 unspecified atom stereocenters. The molecule has 0 aliphatic rings. The van der Waals surface area contributed by atoms with Gasteiger partial charge in [0.1, 0.15) is 10.6 Å². The molecule has 0 aromatic heterocycles. The summed E-state index contributed by atoms with van der Waals surface area (Å²) in [5, 5.41) is 7.88. The quantitative estimate of drug-likeness (QED) is 0.608. The number of carbonyl (C=O) groups is 1. The van der Waals surface area contributed by atoms with E-state index in [1.165, 1.54) is 13.8 Å². The van der Waals surface area contributed by atoms with Crippen molar-refractivity contribution in [3.63, 3.8) is 0 Å². The first kappa shape index (κ1) is 11.9. The van der Waals surface area contributed by atoms with Crippen LogP contribution in [-0.4, -0.2) is 22.3 Å². The minimum Gasteiger partial charge on any atom is -0.394 e. The van der Waals surface area contributed by atoms with E-state index >= 15 is 0 Å². The Balaban J connectivity index is 0. The van der Waals surface area contributed by atoms with Crippen molar-refractivity contribution in [2.24, 2.45) is 0 Å². The minimum atomic E-state index is -0.616. The molecule has 0 bridgehead atoms. The van der Waals surface area contributed by atoms with E-state index in [1.54, 1.807) is 0 Å². The molecule has 0 saturated carbocycles. The zero-order valence-corrected chi connectivity index (χ0v) is 6.91. The number of Topliss-reactive ketones (excluding diaryl/α,β-unsaturated/α-hetero) is 1. The van der Waals surface area contributed by atoms with Crippen LogP contribution in [0.25, 0.3) is 0 Å². The Kier molecular flexibility index (Phi) is 10.9. The number of aliphatic hydroxyl groups is 1. The van der Waals surface area contributed by atoms with Crippen LogP contribution >= 0.6 is 23.2 Å². The molecule has 0 amide bonds. The van der Waals surface area contributed by atoms with Crippen LogP contribution in [0.5, 0.6) is 0 Å². The van der Waals surface area contributed by atoms with Gasteiger partial charge in [0.15, 0.2) is 0 Å². The van der Waals surface area contributed by atoms with E-state index in [1.807, 2.05) is 0 Å². The van der Waals surface area contributed by atoms with Crippen molar-refractivity contribution in [2.45, 2.75) is 18.7 Å². The van der Waals surface area contributed by atoms with Crippen molar-refractivity contribution in [3.8, 4) is 0 Å². The zero-order chi connectivity index (χ0) is 7.86. The number of aliphatic hydroxyl groups excluding tert-OH is 1. The summed E-state index contributed by atoms with van der Waals surface area (Å²) in [4.78, 5) is 8.83. The maximum atomic E-state index is 9.44. The van der Waals surface area contributed by atoms with Crippen LogP contribution in [0.1, 0.15) is 13.8 Å². The maximum Gasteiger partial charge on any atom is 0.130 e. The summed E-state index contributed by atoms with van der Waals surface area (Å²) in [7, 11) is 0. The number of halogens is 2. The van der Waals surface area contributed by atoms with Gasteiger partial charge in [-0.25, -0.2) is 0 Å².